The van der Waals surface area contributed by atoms with Gasteiger partial charge in [-0.1, -0.05) is 34.5 Å². The lowest BCUT2D eigenvalue weighted by Gasteiger charge is -2.36. The van der Waals surface area contributed by atoms with Crippen molar-refractivity contribution in [1.82, 2.24) is 10.6 Å². The summed E-state index contributed by atoms with van der Waals surface area (Å²) in [5.41, 5.74) is 1.17. The molecule has 22 heavy (non-hydrogen) atoms. The molecule has 118 valence electrons. The third-order valence-corrected chi connectivity index (χ3v) is 5.31. The number of hydrogen-bond donors (Lipinski definition) is 2. The van der Waals surface area contributed by atoms with Gasteiger partial charge in [0.25, 0.3) is 0 Å². The number of piperidine rings is 1. The number of carbonyl (C=O) groups is 2. The van der Waals surface area contributed by atoms with Gasteiger partial charge in [0, 0.05) is 17.4 Å². The number of benzene rings is 1. The Morgan fingerprint density at radius 3 is 2.50 bits per heavy atom. The highest BCUT2D eigenvalue weighted by molar-refractivity contribution is 9.10. The first-order chi connectivity index (χ1) is 10.6. The monoisotopic (exact) mass is 364 g/mol. The fraction of sp³-hybridized carbons (Fsp3) is 0.529. The SMILES string of the molecule is O=C1CC[C@@H](C(=O)N[C@H](c2ccc(Br)cc2)C2CCC2)CN1. The molecule has 2 aliphatic rings. The van der Waals surface area contributed by atoms with Crippen molar-refractivity contribution < 1.29 is 9.59 Å². The predicted molar refractivity (Wildman–Crippen MR) is 88.1 cm³/mol. The van der Waals surface area contributed by atoms with Gasteiger partial charge in [-0.25, -0.2) is 0 Å². The smallest absolute Gasteiger partial charge is 0.225 e. The van der Waals surface area contributed by atoms with Gasteiger partial charge in [0.15, 0.2) is 0 Å². The highest BCUT2D eigenvalue weighted by Crippen LogP contribution is 2.38. The fourth-order valence-electron chi connectivity index (χ4n) is 3.14. The first kappa shape index (κ1) is 15.5. The fourth-order valence-corrected chi connectivity index (χ4v) is 3.41. The van der Waals surface area contributed by atoms with Crippen LogP contribution in [0.2, 0.25) is 0 Å². The van der Waals surface area contributed by atoms with Gasteiger partial charge in [0.1, 0.15) is 0 Å². The van der Waals surface area contributed by atoms with E-state index in [1.165, 1.54) is 24.8 Å². The van der Waals surface area contributed by atoms with E-state index < -0.39 is 0 Å². The molecular weight excluding hydrogens is 344 g/mol. The molecule has 1 saturated heterocycles. The summed E-state index contributed by atoms with van der Waals surface area (Å²) in [7, 11) is 0. The first-order valence-electron chi connectivity index (χ1n) is 7.96. The summed E-state index contributed by atoms with van der Waals surface area (Å²) in [5.74, 6) is 0.548. The lowest BCUT2D eigenvalue weighted by molar-refractivity contribution is -0.129. The normalized spacial score (nSPS) is 23.3. The van der Waals surface area contributed by atoms with E-state index in [0.29, 0.717) is 25.3 Å². The van der Waals surface area contributed by atoms with Crippen LogP contribution in [0.25, 0.3) is 0 Å². The Bertz CT molecular complexity index is 544. The van der Waals surface area contributed by atoms with Crippen molar-refractivity contribution in [3.8, 4) is 0 Å². The molecular formula is C17H21BrN2O2. The van der Waals surface area contributed by atoms with Crippen molar-refractivity contribution >= 4 is 27.7 Å². The number of rotatable bonds is 4. The largest absolute Gasteiger partial charge is 0.355 e. The van der Waals surface area contributed by atoms with E-state index in [1.807, 2.05) is 12.1 Å². The maximum atomic E-state index is 12.5. The van der Waals surface area contributed by atoms with E-state index in [-0.39, 0.29) is 23.8 Å². The highest BCUT2D eigenvalue weighted by atomic mass is 79.9. The van der Waals surface area contributed by atoms with E-state index in [1.54, 1.807) is 0 Å². The number of carbonyl (C=O) groups excluding carboxylic acids is 2. The second-order valence-electron chi connectivity index (χ2n) is 6.27. The molecule has 0 radical (unpaired) electrons. The molecule has 2 fully saturated rings. The van der Waals surface area contributed by atoms with Gasteiger partial charge in [0.05, 0.1) is 12.0 Å². The molecule has 0 unspecified atom stereocenters. The Morgan fingerprint density at radius 1 is 1.23 bits per heavy atom. The number of nitrogens with one attached hydrogen (secondary N) is 2. The van der Waals surface area contributed by atoms with E-state index in [0.717, 1.165) is 4.47 Å². The van der Waals surface area contributed by atoms with Crippen LogP contribution >= 0.6 is 15.9 Å². The standard InChI is InChI=1S/C17H21BrN2O2/c18-14-7-4-12(5-8-14)16(11-2-1-3-11)20-17(22)13-6-9-15(21)19-10-13/h4-5,7-8,11,13,16H,1-3,6,9-10H2,(H,19,21)(H,20,22)/t13-,16+/m1/s1. The maximum absolute atomic E-state index is 12.5. The molecule has 0 bridgehead atoms. The van der Waals surface area contributed by atoms with Gasteiger partial charge in [0.2, 0.25) is 11.8 Å². The third-order valence-electron chi connectivity index (χ3n) is 4.78. The van der Waals surface area contributed by atoms with Gasteiger partial charge in [-0.15, -0.1) is 0 Å². The second kappa shape index (κ2) is 6.82. The van der Waals surface area contributed by atoms with Crippen molar-refractivity contribution in [3.05, 3.63) is 34.3 Å². The molecule has 0 spiro atoms. The van der Waals surface area contributed by atoms with Crippen LogP contribution in [0.15, 0.2) is 28.7 Å². The molecule has 1 saturated carbocycles. The van der Waals surface area contributed by atoms with Crippen LogP contribution in [0.1, 0.15) is 43.7 Å². The zero-order valence-corrected chi connectivity index (χ0v) is 14.1. The average molecular weight is 365 g/mol. The molecule has 5 heteroatoms. The summed E-state index contributed by atoms with van der Waals surface area (Å²) >= 11 is 3.45. The molecule has 2 atom stereocenters. The predicted octanol–water partition coefficient (Wildman–Crippen LogP) is 2.93. The molecule has 0 aromatic heterocycles. The van der Waals surface area contributed by atoms with Gasteiger partial charge in [-0.05, 0) is 42.9 Å². The lowest BCUT2D eigenvalue weighted by Crippen LogP contribution is -2.45. The van der Waals surface area contributed by atoms with Crippen LogP contribution in [0.4, 0.5) is 0 Å². The Labute approximate surface area is 139 Å². The van der Waals surface area contributed by atoms with Crippen LogP contribution in [0.3, 0.4) is 0 Å². The maximum Gasteiger partial charge on any atom is 0.225 e. The summed E-state index contributed by atoms with van der Waals surface area (Å²) < 4.78 is 1.05. The van der Waals surface area contributed by atoms with Crippen molar-refractivity contribution in [2.75, 3.05) is 6.54 Å². The molecule has 1 aromatic carbocycles. The van der Waals surface area contributed by atoms with E-state index in [4.69, 9.17) is 0 Å². The van der Waals surface area contributed by atoms with Crippen molar-refractivity contribution in [3.63, 3.8) is 0 Å². The third kappa shape index (κ3) is 3.51. The van der Waals surface area contributed by atoms with Gasteiger partial charge in [-0.2, -0.15) is 0 Å². The second-order valence-corrected chi connectivity index (χ2v) is 7.18. The zero-order valence-electron chi connectivity index (χ0n) is 12.5. The van der Waals surface area contributed by atoms with Gasteiger partial charge < -0.3 is 10.6 Å². The molecule has 1 heterocycles. The summed E-state index contributed by atoms with van der Waals surface area (Å²) in [4.78, 5) is 23.8. The number of halogens is 1. The summed E-state index contributed by atoms with van der Waals surface area (Å²) in [5, 5.41) is 6.02. The molecule has 3 rings (SSSR count). The van der Waals surface area contributed by atoms with Crippen LogP contribution in [-0.4, -0.2) is 18.4 Å². The Kier molecular flexibility index (Phi) is 4.81. The topological polar surface area (TPSA) is 58.2 Å². The van der Waals surface area contributed by atoms with Crippen molar-refractivity contribution in [2.45, 2.75) is 38.1 Å². The van der Waals surface area contributed by atoms with Crippen molar-refractivity contribution in [2.24, 2.45) is 11.8 Å². The van der Waals surface area contributed by atoms with Crippen LogP contribution in [-0.2, 0) is 9.59 Å². The lowest BCUT2D eigenvalue weighted by atomic mass is 9.77. The molecule has 2 N–H and O–H groups in total. The number of hydrogen-bond acceptors (Lipinski definition) is 2. The van der Waals surface area contributed by atoms with E-state index in [9.17, 15) is 9.59 Å². The average Bonchev–Trinajstić information content (AvgIpc) is 2.46. The Balaban J connectivity index is 1.68. The van der Waals surface area contributed by atoms with Crippen LogP contribution in [0.5, 0.6) is 0 Å². The van der Waals surface area contributed by atoms with E-state index in [2.05, 4.69) is 38.7 Å². The molecule has 4 nitrogen and oxygen atoms in total. The number of amides is 2. The quantitative estimate of drug-likeness (QED) is 0.862. The molecule has 1 aliphatic heterocycles. The highest BCUT2D eigenvalue weighted by Gasteiger charge is 2.32. The first-order valence-corrected chi connectivity index (χ1v) is 8.75. The molecule has 1 aliphatic carbocycles. The minimum Gasteiger partial charge on any atom is -0.355 e. The van der Waals surface area contributed by atoms with Crippen LogP contribution in [0, 0.1) is 11.8 Å². The minimum absolute atomic E-state index is 0.0486. The van der Waals surface area contributed by atoms with Crippen molar-refractivity contribution in [1.29, 1.82) is 0 Å². The minimum atomic E-state index is -0.101. The Hall–Kier alpha value is -1.36. The molecule has 1 aromatic rings. The summed E-state index contributed by atoms with van der Waals surface area (Å²) in [6.45, 7) is 0.461. The summed E-state index contributed by atoms with van der Waals surface area (Å²) in [6, 6.07) is 8.29. The van der Waals surface area contributed by atoms with Gasteiger partial charge in [-0.3, -0.25) is 9.59 Å². The summed E-state index contributed by atoms with van der Waals surface area (Å²) in [6.07, 6.45) is 4.68. The van der Waals surface area contributed by atoms with Crippen LogP contribution < -0.4 is 10.6 Å². The van der Waals surface area contributed by atoms with E-state index >= 15 is 0 Å². The molecule has 2 amide bonds. The van der Waals surface area contributed by atoms with Gasteiger partial charge >= 0.3 is 0 Å². The zero-order chi connectivity index (χ0) is 15.5. The Morgan fingerprint density at radius 2 is 1.95 bits per heavy atom.